The number of amides is 1. The minimum atomic E-state index is -1.16. The molecule has 0 unspecified atom stereocenters. The molecule has 0 bridgehead atoms. The molecular formula is C14H11F3N2O. The van der Waals surface area contributed by atoms with E-state index in [1.54, 1.807) is 6.07 Å². The summed E-state index contributed by atoms with van der Waals surface area (Å²) in [5, 5.41) is 2.46. The van der Waals surface area contributed by atoms with Crippen LogP contribution in [0.3, 0.4) is 0 Å². The van der Waals surface area contributed by atoms with Gasteiger partial charge in [-0.05, 0) is 23.8 Å². The van der Waals surface area contributed by atoms with Crippen LogP contribution < -0.4 is 11.1 Å². The standard InChI is InChI=1S/C14H11F3N2O/c15-9-3-1-2-8(4-9)7-19-14(20)10-5-11(16)12(17)6-13(10)18/h1-6H,7,18H2,(H,19,20). The van der Waals surface area contributed by atoms with Gasteiger partial charge in [0.1, 0.15) is 5.82 Å². The molecule has 0 aliphatic rings. The number of nitrogen functional groups attached to an aromatic ring is 1. The van der Waals surface area contributed by atoms with Crippen LogP contribution in [-0.2, 0) is 6.54 Å². The Balaban J connectivity index is 2.11. The molecule has 6 heteroatoms. The highest BCUT2D eigenvalue weighted by Crippen LogP contribution is 2.17. The van der Waals surface area contributed by atoms with Crippen LogP contribution in [0.1, 0.15) is 15.9 Å². The van der Waals surface area contributed by atoms with Crippen molar-refractivity contribution in [2.75, 3.05) is 5.73 Å². The lowest BCUT2D eigenvalue weighted by molar-refractivity contribution is 0.0951. The van der Waals surface area contributed by atoms with Crippen molar-refractivity contribution in [1.29, 1.82) is 0 Å². The molecule has 0 aliphatic carbocycles. The van der Waals surface area contributed by atoms with Crippen LogP contribution >= 0.6 is 0 Å². The quantitative estimate of drug-likeness (QED) is 0.849. The van der Waals surface area contributed by atoms with Crippen LogP contribution in [0.5, 0.6) is 0 Å². The van der Waals surface area contributed by atoms with Gasteiger partial charge >= 0.3 is 0 Å². The zero-order valence-electron chi connectivity index (χ0n) is 10.3. The summed E-state index contributed by atoms with van der Waals surface area (Å²) in [6.45, 7) is 0.0506. The van der Waals surface area contributed by atoms with Gasteiger partial charge in [0.2, 0.25) is 0 Å². The predicted molar refractivity (Wildman–Crippen MR) is 68.3 cm³/mol. The highest BCUT2D eigenvalue weighted by molar-refractivity contribution is 5.99. The van der Waals surface area contributed by atoms with E-state index in [0.717, 1.165) is 12.1 Å². The maximum Gasteiger partial charge on any atom is 0.253 e. The maximum atomic E-state index is 13.1. The van der Waals surface area contributed by atoms with Crippen LogP contribution in [0, 0.1) is 17.5 Å². The number of rotatable bonds is 3. The largest absolute Gasteiger partial charge is 0.398 e. The van der Waals surface area contributed by atoms with Gasteiger partial charge in [-0.2, -0.15) is 0 Å². The van der Waals surface area contributed by atoms with Crippen LogP contribution in [0.15, 0.2) is 36.4 Å². The molecule has 2 rings (SSSR count). The molecule has 3 nitrogen and oxygen atoms in total. The summed E-state index contributed by atoms with van der Waals surface area (Å²) in [5.74, 6) is -3.37. The van der Waals surface area contributed by atoms with Crippen LogP contribution in [0.25, 0.3) is 0 Å². The van der Waals surface area contributed by atoms with Crippen molar-refractivity contribution in [3.63, 3.8) is 0 Å². The first-order valence-electron chi connectivity index (χ1n) is 5.74. The zero-order chi connectivity index (χ0) is 14.7. The van der Waals surface area contributed by atoms with Crippen molar-refractivity contribution in [1.82, 2.24) is 5.32 Å². The first kappa shape index (κ1) is 13.9. The van der Waals surface area contributed by atoms with Crippen molar-refractivity contribution in [2.24, 2.45) is 0 Å². The number of carbonyl (C=O) groups is 1. The highest BCUT2D eigenvalue weighted by atomic mass is 19.2. The number of nitrogens with two attached hydrogens (primary N) is 1. The number of halogens is 3. The Bertz CT molecular complexity index is 659. The molecule has 0 radical (unpaired) electrons. The Morgan fingerprint density at radius 3 is 2.50 bits per heavy atom. The Kier molecular flexibility index (Phi) is 3.93. The van der Waals surface area contributed by atoms with E-state index in [9.17, 15) is 18.0 Å². The SMILES string of the molecule is Nc1cc(F)c(F)cc1C(=O)NCc1cccc(F)c1. The Morgan fingerprint density at radius 2 is 1.80 bits per heavy atom. The molecule has 2 aromatic rings. The van der Waals surface area contributed by atoms with Gasteiger partial charge < -0.3 is 11.1 Å². The number of hydrogen-bond acceptors (Lipinski definition) is 2. The lowest BCUT2D eigenvalue weighted by Crippen LogP contribution is -2.24. The molecule has 104 valence electrons. The molecule has 0 fully saturated rings. The number of carbonyl (C=O) groups excluding carboxylic acids is 1. The molecule has 0 heterocycles. The summed E-state index contributed by atoms with van der Waals surface area (Å²) < 4.78 is 38.9. The fraction of sp³-hybridized carbons (Fsp3) is 0.0714. The fourth-order valence-electron chi connectivity index (χ4n) is 1.68. The lowest BCUT2D eigenvalue weighted by Gasteiger charge is -2.08. The van der Waals surface area contributed by atoms with Crippen LogP contribution in [0.2, 0.25) is 0 Å². The van der Waals surface area contributed by atoms with E-state index >= 15 is 0 Å². The van der Waals surface area contributed by atoms with E-state index in [4.69, 9.17) is 5.73 Å². The molecule has 0 saturated carbocycles. The third-order valence-electron chi connectivity index (χ3n) is 2.68. The molecule has 2 aromatic carbocycles. The van der Waals surface area contributed by atoms with Gasteiger partial charge in [-0.25, -0.2) is 13.2 Å². The molecule has 0 spiro atoms. The summed E-state index contributed by atoms with van der Waals surface area (Å²) in [7, 11) is 0. The van der Waals surface area contributed by atoms with Crippen molar-refractivity contribution in [3.05, 3.63) is 65.0 Å². The average Bonchev–Trinajstić information content (AvgIpc) is 2.40. The minimum absolute atomic E-state index is 0.0506. The Morgan fingerprint density at radius 1 is 1.10 bits per heavy atom. The summed E-state index contributed by atoms with van der Waals surface area (Å²) >= 11 is 0. The first-order valence-corrected chi connectivity index (χ1v) is 5.74. The molecule has 0 atom stereocenters. The third-order valence-corrected chi connectivity index (χ3v) is 2.68. The summed E-state index contributed by atoms with van der Waals surface area (Å²) in [6.07, 6.45) is 0. The van der Waals surface area contributed by atoms with Gasteiger partial charge in [0.05, 0.1) is 5.56 Å². The summed E-state index contributed by atoms with van der Waals surface area (Å²) in [6, 6.07) is 7.13. The van der Waals surface area contributed by atoms with Gasteiger partial charge in [0, 0.05) is 18.3 Å². The molecular weight excluding hydrogens is 269 g/mol. The average molecular weight is 280 g/mol. The van der Waals surface area contributed by atoms with E-state index in [1.165, 1.54) is 18.2 Å². The van der Waals surface area contributed by atoms with E-state index < -0.39 is 23.4 Å². The minimum Gasteiger partial charge on any atom is -0.398 e. The lowest BCUT2D eigenvalue weighted by atomic mass is 10.1. The van der Waals surface area contributed by atoms with Gasteiger partial charge in [-0.15, -0.1) is 0 Å². The second-order valence-corrected chi connectivity index (χ2v) is 4.17. The number of nitrogens with one attached hydrogen (secondary N) is 1. The maximum absolute atomic E-state index is 13.1. The van der Waals surface area contributed by atoms with Crippen LogP contribution in [0.4, 0.5) is 18.9 Å². The zero-order valence-corrected chi connectivity index (χ0v) is 10.3. The second kappa shape index (κ2) is 5.64. The van der Waals surface area contributed by atoms with E-state index in [-0.39, 0.29) is 17.8 Å². The normalized spacial score (nSPS) is 10.3. The van der Waals surface area contributed by atoms with Crippen molar-refractivity contribution < 1.29 is 18.0 Å². The highest BCUT2D eigenvalue weighted by Gasteiger charge is 2.14. The molecule has 0 aliphatic heterocycles. The topological polar surface area (TPSA) is 55.1 Å². The van der Waals surface area contributed by atoms with Gasteiger partial charge in [-0.3, -0.25) is 4.79 Å². The monoisotopic (exact) mass is 280 g/mol. The number of anilines is 1. The summed E-state index contributed by atoms with van der Waals surface area (Å²) in [4.78, 5) is 11.8. The molecule has 20 heavy (non-hydrogen) atoms. The number of hydrogen-bond donors (Lipinski definition) is 2. The predicted octanol–water partition coefficient (Wildman–Crippen LogP) is 2.62. The molecule has 1 amide bonds. The van der Waals surface area contributed by atoms with E-state index in [0.29, 0.717) is 5.56 Å². The smallest absolute Gasteiger partial charge is 0.253 e. The van der Waals surface area contributed by atoms with Gasteiger partial charge in [0.25, 0.3) is 5.91 Å². The first-order chi connectivity index (χ1) is 9.47. The molecule has 0 aromatic heterocycles. The molecule has 3 N–H and O–H groups in total. The third kappa shape index (κ3) is 3.09. The van der Waals surface area contributed by atoms with Crippen LogP contribution in [-0.4, -0.2) is 5.91 Å². The summed E-state index contributed by atoms with van der Waals surface area (Å²) in [5.41, 5.74) is 5.67. The van der Waals surface area contributed by atoms with Gasteiger partial charge in [-0.1, -0.05) is 12.1 Å². The Hall–Kier alpha value is -2.50. The number of benzene rings is 2. The van der Waals surface area contributed by atoms with Crippen molar-refractivity contribution >= 4 is 11.6 Å². The van der Waals surface area contributed by atoms with Crippen molar-refractivity contribution in [2.45, 2.75) is 6.54 Å². The Labute approximate surface area is 113 Å². The van der Waals surface area contributed by atoms with Crippen molar-refractivity contribution in [3.8, 4) is 0 Å². The molecule has 0 saturated heterocycles. The fourth-order valence-corrected chi connectivity index (χ4v) is 1.68. The van der Waals surface area contributed by atoms with E-state index in [1.807, 2.05) is 0 Å². The van der Waals surface area contributed by atoms with Gasteiger partial charge in [0.15, 0.2) is 11.6 Å². The second-order valence-electron chi connectivity index (χ2n) is 4.17. The van der Waals surface area contributed by atoms with E-state index in [2.05, 4.69) is 5.32 Å².